The van der Waals surface area contributed by atoms with Gasteiger partial charge in [0.1, 0.15) is 5.82 Å². The number of carbonyl (C=O) groups excluding carboxylic acids is 1. The standard InChI is InChI=1S/C27H31N5O2/c33-24-11-14-30(20-24)18-23-19-31(25-17-28-12-13-29-25)15-16-32(23)27(34)26(21-7-3-1-4-8-21)22-9-5-2-6-10-22/h1-10,12-13,17,23-24,26,33H,11,14-16,18-20H2. The lowest BCUT2D eigenvalue weighted by Gasteiger charge is -2.44. The lowest BCUT2D eigenvalue weighted by Crippen LogP contribution is -2.59. The van der Waals surface area contributed by atoms with Crippen LogP contribution in [0.15, 0.2) is 79.3 Å². The van der Waals surface area contributed by atoms with Gasteiger partial charge in [0, 0.05) is 51.7 Å². The molecule has 0 radical (unpaired) electrons. The van der Waals surface area contributed by atoms with E-state index in [0.29, 0.717) is 26.2 Å². The SMILES string of the molecule is O=C(C(c1ccccc1)c1ccccc1)N1CCN(c2cnccn2)CC1CN1CCC(O)C1. The number of hydrogen-bond acceptors (Lipinski definition) is 6. The molecule has 2 aromatic carbocycles. The van der Waals surface area contributed by atoms with Crippen molar-refractivity contribution in [2.24, 2.45) is 0 Å². The summed E-state index contributed by atoms with van der Waals surface area (Å²) in [6.07, 6.45) is 5.66. The predicted molar refractivity (Wildman–Crippen MR) is 132 cm³/mol. The number of aliphatic hydroxyl groups is 1. The Morgan fingerprint density at radius 2 is 1.65 bits per heavy atom. The van der Waals surface area contributed by atoms with E-state index >= 15 is 0 Å². The molecule has 7 nitrogen and oxygen atoms in total. The number of β-amino-alcohol motifs (C(OH)–C–C–N with tert-alkyl or cyclic N) is 1. The van der Waals surface area contributed by atoms with Crippen LogP contribution in [-0.2, 0) is 4.79 Å². The monoisotopic (exact) mass is 457 g/mol. The zero-order chi connectivity index (χ0) is 23.3. The number of aliphatic hydroxyl groups excluding tert-OH is 1. The quantitative estimate of drug-likeness (QED) is 0.613. The number of likely N-dealkylation sites (tertiary alicyclic amines) is 1. The molecule has 2 fully saturated rings. The number of benzene rings is 2. The second-order valence-corrected chi connectivity index (χ2v) is 9.15. The molecule has 2 aliphatic heterocycles. The molecule has 2 saturated heterocycles. The van der Waals surface area contributed by atoms with Crippen LogP contribution < -0.4 is 4.90 Å². The van der Waals surface area contributed by atoms with E-state index in [0.717, 1.165) is 36.5 Å². The van der Waals surface area contributed by atoms with Gasteiger partial charge in [0.25, 0.3) is 0 Å². The molecule has 1 aromatic heterocycles. The van der Waals surface area contributed by atoms with Crippen molar-refractivity contribution < 1.29 is 9.90 Å². The summed E-state index contributed by atoms with van der Waals surface area (Å²) in [4.78, 5) is 29.5. The van der Waals surface area contributed by atoms with Crippen molar-refractivity contribution in [3.05, 3.63) is 90.4 Å². The van der Waals surface area contributed by atoms with Gasteiger partial charge in [0.05, 0.1) is 24.3 Å². The molecule has 1 amide bonds. The Labute approximate surface area is 200 Å². The molecule has 0 bridgehead atoms. The fraction of sp³-hybridized carbons (Fsp3) is 0.370. The average molecular weight is 458 g/mol. The van der Waals surface area contributed by atoms with Gasteiger partial charge in [-0.25, -0.2) is 4.98 Å². The summed E-state index contributed by atoms with van der Waals surface area (Å²) >= 11 is 0. The van der Waals surface area contributed by atoms with Crippen LogP contribution >= 0.6 is 0 Å². The van der Waals surface area contributed by atoms with E-state index in [1.54, 1.807) is 18.6 Å². The van der Waals surface area contributed by atoms with Gasteiger partial charge in [-0.05, 0) is 17.5 Å². The van der Waals surface area contributed by atoms with Crippen LogP contribution in [0, 0.1) is 0 Å². The second kappa shape index (κ2) is 10.3. The van der Waals surface area contributed by atoms with Crippen molar-refractivity contribution >= 4 is 11.7 Å². The van der Waals surface area contributed by atoms with E-state index in [4.69, 9.17) is 0 Å². The van der Waals surface area contributed by atoms with Crippen molar-refractivity contribution in [1.29, 1.82) is 0 Å². The fourth-order valence-electron chi connectivity index (χ4n) is 5.17. The molecule has 2 unspecified atom stereocenters. The summed E-state index contributed by atoms with van der Waals surface area (Å²) in [6.45, 7) is 4.26. The Hall–Kier alpha value is -3.29. The Kier molecular flexibility index (Phi) is 6.83. The van der Waals surface area contributed by atoms with Gasteiger partial charge in [-0.1, -0.05) is 60.7 Å². The molecule has 7 heteroatoms. The number of carbonyl (C=O) groups is 1. The third kappa shape index (κ3) is 4.95. The minimum absolute atomic E-state index is 0.0107. The number of amides is 1. The summed E-state index contributed by atoms with van der Waals surface area (Å²) in [5.41, 5.74) is 2.01. The highest BCUT2D eigenvalue weighted by Gasteiger charge is 2.37. The molecule has 176 valence electrons. The lowest BCUT2D eigenvalue weighted by molar-refractivity contribution is -0.135. The molecular weight excluding hydrogens is 426 g/mol. The van der Waals surface area contributed by atoms with Crippen LogP contribution in [0.2, 0.25) is 0 Å². The van der Waals surface area contributed by atoms with E-state index in [1.807, 2.05) is 60.7 Å². The largest absolute Gasteiger partial charge is 0.392 e. The van der Waals surface area contributed by atoms with Gasteiger partial charge >= 0.3 is 0 Å². The Morgan fingerprint density at radius 1 is 0.941 bits per heavy atom. The summed E-state index contributed by atoms with van der Waals surface area (Å²) in [5, 5.41) is 10.1. The van der Waals surface area contributed by atoms with Crippen molar-refractivity contribution in [1.82, 2.24) is 19.8 Å². The summed E-state index contributed by atoms with van der Waals surface area (Å²) in [5.74, 6) is 0.613. The summed E-state index contributed by atoms with van der Waals surface area (Å²) in [7, 11) is 0. The highest BCUT2D eigenvalue weighted by molar-refractivity contribution is 5.87. The maximum atomic E-state index is 14.2. The highest BCUT2D eigenvalue weighted by Crippen LogP contribution is 2.29. The highest BCUT2D eigenvalue weighted by atomic mass is 16.3. The molecule has 0 saturated carbocycles. The average Bonchev–Trinajstić information content (AvgIpc) is 3.30. The van der Waals surface area contributed by atoms with Gasteiger partial charge in [0.2, 0.25) is 5.91 Å². The van der Waals surface area contributed by atoms with Gasteiger partial charge < -0.3 is 14.9 Å². The smallest absolute Gasteiger partial charge is 0.234 e. The molecular formula is C27H31N5O2. The first-order chi connectivity index (χ1) is 16.7. The summed E-state index contributed by atoms with van der Waals surface area (Å²) in [6, 6.07) is 20.1. The number of anilines is 1. The van der Waals surface area contributed by atoms with Crippen molar-refractivity contribution in [2.75, 3.05) is 44.2 Å². The van der Waals surface area contributed by atoms with Crippen LogP contribution in [0.1, 0.15) is 23.5 Å². The molecule has 5 rings (SSSR count). The van der Waals surface area contributed by atoms with E-state index < -0.39 is 0 Å². The maximum absolute atomic E-state index is 14.2. The molecule has 0 aliphatic carbocycles. The van der Waals surface area contributed by atoms with Crippen LogP contribution in [0.4, 0.5) is 5.82 Å². The Balaban J connectivity index is 1.44. The first kappa shape index (κ1) is 22.5. The Morgan fingerprint density at radius 3 is 2.24 bits per heavy atom. The van der Waals surface area contributed by atoms with E-state index in [9.17, 15) is 9.90 Å². The minimum atomic E-state index is -0.350. The number of nitrogens with zero attached hydrogens (tertiary/aromatic N) is 5. The molecule has 3 heterocycles. The normalized spacial score (nSPS) is 21.2. The van der Waals surface area contributed by atoms with Crippen molar-refractivity contribution in [2.45, 2.75) is 24.5 Å². The van der Waals surface area contributed by atoms with E-state index in [-0.39, 0.29) is 24.0 Å². The lowest BCUT2D eigenvalue weighted by atomic mass is 9.89. The molecule has 2 atom stereocenters. The first-order valence-corrected chi connectivity index (χ1v) is 12.0. The van der Waals surface area contributed by atoms with Gasteiger partial charge in [-0.15, -0.1) is 0 Å². The number of piperazine rings is 1. The number of hydrogen-bond donors (Lipinski definition) is 1. The van der Waals surface area contributed by atoms with Crippen LogP contribution in [0.25, 0.3) is 0 Å². The van der Waals surface area contributed by atoms with Crippen LogP contribution in [0.3, 0.4) is 0 Å². The molecule has 2 aliphatic rings. The molecule has 3 aromatic rings. The van der Waals surface area contributed by atoms with Crippen molar-refractivity contribution in [3.8, 4) is 0 Å². The van der Waals surface area contributed by atoms with E-state index in [2.05, 4.69) is 24.7 Å². The van der Waals surface area contributed by atoms with Crippen molar-refractivity contribution in [3.63, 3.8) is 0 Å². The zero-order valence-electron chi connectivity index (χ0n) is 19.3. The minimum Gasteiger partial charge on any atom is -0.392 e. The third-order valence-electron chi connectivity index (χ3n) is 6.87. The van der Waals surface area contributed by atoms with E-state index in [1.165, 1.54) is 0 Å². The molecule has 0 spiro atoms. The fourth-order valence-corrected chi connectivity index (χ4v) is 5.17. The molecule has 34 heavy (non-hydrogen) atoms. The van der Waals surface area contributed by atoms with Crippen LogP contribution in [0.5, 0.6) is 0 Å². The molecule has 1 N–H and O–H groups in total. The third-order valence-corrected chi connectivity index (χ3v) is 6.87. The Bertz CT molecular complexity index is 1030. The first-order valence-electron chi connectivity index (χ1n) is 12.0. The number of aromatic nitrogens is 2. The van der Waals surface area contributed by atoms with Gasteiger partial charge in [0.15, 0.2) is 0 Å². The predicted octanol–water partition coefficient (Wildman–Crippen LogP) is 2.39. The zero-order valence-corrected chi connectivity index (χ0v) is 19.3. The summed E-state index contributed by atoms with van der Waals surface area (Å²) < 4.78 is 0. The van der Waals surface area contributed by atoms with Gasteiger partial charge in [-0.3, -0.25) is 14.7 Å². The topological polar surface area (TPSA) is 72.8 Å². The van der Waals surface area contributed by atoms with Gasteiger partial charge in [-0.2, -0.15) is 0 Å². The maximum Gasteiger partial charge on any atom is 0.234 e. The second-order valence-electron chi connectivity index (χ2n) is 9.15. The number of rotatable bonds is 6. The van der Waals surface area contributed by atoms with Crippen LogP contribution in [-0.4, -0.2) is 82.2 Å².